The van der Waals surface area contributed by atoms with Gasteiger partial charge in [0, 0.05) is 5.56 Å². The van der Waals surface area contributed by atoms with Gasteiger partial charge in [-0.1, -0.05) is 12.1 Å². The third kappa shape index (κ3) is 1.97. The summed E-state index contributed by atoms with van der Waals surface area (Å²) in [4.78, 5) is 11.0. The Morgan fingerprint density at radius 2 is 2.07 bits per heavy atom. The number of rotatable bonds is 1. The number of H-pyrrole nitrogens is 1. The molecule has 5 heteroatoms. The highest BCUT2D eigenvalue weighted by molar-refractivity contribution is 9.10. The van der Waals surface area contributed by atoms with Crippen molar-refractivity contribution in [3.05, 3.63) is 51.0 Å². The summed E-state index contributed by atoms with van der Waals surface area (Å²) in [5, 5.41) is 6.04. The molecule has 0 bridgehead atoms. The number of nitrogens with zero attached hydrogens (tertiary/aromatic N) is 1. The van der Waals surface area contributed by atoms with E-state index in [0.717, 1.165) is 0 Å². The van der Waals surface area contributed by atoms with E-state index in [4.69, 9.17) is 0 Å². The second-order valence-electron chi connectivity index (χ2n) is 2.91. The van der Waals surface area contributed by atoms with E-state index in [1.54, 1.807) is 18.2 Å². The molecule has 1 aromatic carbocycles. The first-order valence-corrected chi connectivity index (χ1v) is 4.98. The zero-order valence-electron chi connectivity index (χ0n) is 7.50. The van der Waals surface area contributed by atoms with Gasteiger partial charge in [-0.2, -0.15) is 5.10 Å². The van der Waals surface area contributed by atoms with Gasteiger partial charge in [-0.3, -0.25) is 4.79 Å². The van der Waals surface area contributed by atoms with Crippen molar-refractivity contribution in [2.24, 2.45) is 0 Å². The van der Waals surface area contributed by atoms with Crippen LogP contribution < -0.4 is 5.56 Å². The second kappa shape index (κ2) is 3.94. The number of aromatic amines is 1. The van der Waals surface area contributed by atoms with E-state index in [-0.39, 0.29) is 11.4 Å². The highest BCUT2D eigenvalue weighted by Crippen LogP contribution is 2.20. The number of nitrogens with one attached hydrogen (secondary N) is 1. The molecule has 1 aromatic heterocycles. The number of benzene rings is 1. The Morgan fingerprint density at radius 1 is 1.33 bits per heavy atom. The highest BCUT2D eigenvalue weighted by Gasteiger charge is 2.07. The summed E-state index contributed by atoms with van der Waals surface area (Å²) >= 11 is 3.06. The predicted octanol–water partition coefficient (Wildman–Crippen LogP) is 2.34. The minimum absolute atomic E-state index is 0.329. The summed E-state index contributed by atoms with van der Waals surface area (Å²) in [6, 6.07) is 7.73. The van der Waals surface area contributed by atoms with Gasteiger partial charge in [0.1, 0.15) is 5.82 Å². The first-order valence-electron chi connectivity index (χ1n) is 4.18. The Balaban J connectivity index is 2.60. The highest BCUT2D eigenvalue weighted by atomic mass is 79.9. The lowest BCUT2D eigenvalue weighted by molar-refractivity contribution is 0.630. The molecule has 0 radical (unpaired) electrons. The van der Waals surface area contributed by atoms with Crippen LogP contribution in [-0.4, -0.2) is 10.2 Å². The van der Waals surface area contributed by atoms with Gasteiger partial charge in [0.05, 0.1) is 10.2 Å². The van der Waals surface area contributed by atoms with Crippen molar-refractivity contribution in [3.8, 4) is 11.3 Å². The lowest BCUT2D eigenvalue weighted by atomic mass is 10.1. The zero-order valence-corrected chi connectivity index (χ0v) is 9.08. The molecule has 2 rings (SSSR count). The van der Waals surface area contributed by atoms with Crippen LogP contribution in [-0.2, 0) is 0 Å². The Hall–Kier alpha value is -1.49. The van der Waals surface area contributed by atoms with E-state index in [2.05, 4.69) is 26.1 Å². The lowest BCUT2D eigenvalue weighted by Crippen LogP contribution is -2.09. The van der Waals surface area contributed by atoms with Gasteiger partial charge in [-0.25, -0.2) is 9.49 Å². The van der Waals surface area contributed by atoms with Crippen molar-refractivity contribution >= 4 is 15.9 Å². The fourth-order valence-electron chi connectivity index (χ4n) is 1.19. The van der Waals surface area contributed by atoms with Crippen LogP contribution in [0, 0.1) is 5.82 Å². The molecule has 1 heterocycles. The smallest absolute Gasteiger partial charge is 0.267 e. The lowest BCUT2D eigenvalue weighted by Gasteiger charge is -2.01. The summed E-state index contributed by atoms with van der Waals surface area (Å²) in [6.07, 6.45) is 0. The Kier molecular flexibility index (Phi) is 2.64. The Labute approximate surface area is 93.1 Å². The zero-order chi connectivity index (χ0) is 10.8. The molecule has 0 saturated heterocycles. The van der Waals surface area contributed by atoms with Crippen molar-refractivity contribution in [1.29, 1.82) is 0 Å². The van der Waals surface area contributed by atoms with Gasteiger partial charge in [0.15, 0.2) is 0 Å². The maximum absolute atomic E-state index is 13.4. The quantitative estimate of drug-likeness (QED) is 0.863. The van der Waals surface area contributed by atoms with Crippen LogP contribution >= 0.6 is 15.9 Å². The van der Waals surface area contributed by atoms with Crippen LogP contribution in [0.2, 0.25) is 0 Å². The molecule has 0 amide bonds. The molecule has 2 aromatic rings. The molecule has 0 aliphatic carbocycles. The minimum atomic E-state index is -0.371. The van der Waals surface area contributed by atoms with Gasteiger partial charge in [0.2, 0.25) is 0 Å². The summed E-state index contributed by atoms with van der Waals surface area (Å²) in [5.41, 5.74) is 0.407. The van der Waals surface area contributed by atoms with Crippen molar-refractivity contribution in [2.45, 2.75) is 0 Å². The molecule has 0 unspecified atom stereocenters. The van der Waals surface area contributed by atoms with Crippen LogP contribution in [0.4, 0.5) is 4.39 Å². The molecule has 0 atom stereocenters. The number of halogens is 2. The molecule has 0 aliphatic rings. The number of hydrogen-bond acceptors (Lipinski definition) is 2. The molecular weight excluding hydrogens is 263 g/mol. The molecular formula is C10H6BrFN2O. The van der Waals surface area contributed by atoms with E-state index in [9.17, 15) is 9.18 Å². The molecule has 0 fully saturated rings. The van der Waals surface area contributed by atoms with Crippen LogP contribution in [0.1, 0.15) is 0 Å². The Bertz CT molecular complexity index is 553. The van der Waals surface area contributed by atoms with E-state index in [1.807, 2.05) is 0 Å². The molecule has 1 N–H and O–H groups in total. The third-order valence-corrected chi connectivity index (χ3v) is 2.50. The van der Waals surface area contributed by atoms with E-state index >= 15 is 0 Å². The van der Waals surface area contributed by atoms with Crippen LogP contribution in [0.15, 0.2) is 39.6 Å². The summed E-state index contributed by atoms with van der Waals surface area (Å²) in [5.74, 6) is -0.371. The minimum Gasteiger partial charge on any atom is -0.267 e. The first-order chi connectivity index (χ1) is 7.18. The average Bonchev–Trinajstić information content (AvgIpc) is 2.23. The number of hydrogen-bond donors (Lipinski definition) is 1. The van der Waals surface area contributed by atoms with Crippen molar-refractivity contribution in [3.63, 3.8) is 0 Å². The fourth-order valence-corrected chi connectivity index (χ4v) is 1.49. The molecule has 3 nitrogen and oxygen atoms in total. The molecule has 76 valence electrons. The summed E-state index contributed by atoms with van der Waals surface area (Å²) in [7, 11) is 0. The van der Waals surface area contributed by atoms with Gasteiger partial charge >= 0.3 is 0 Å². The summed E-state index contributed by atoms with van der Waals surface area (Å²) < 4.78 is 13.7. The van der Waals surface area contributed by atoms with E-state index in [1.165, 1.54) is 12.1 Å². The number of aromatic nitrogens is 2. The van der Waals surface area contributed by atoms with Crippen LogP contribution in [0.3, 0.4) is 0 Å². The molecule has 0 spiro atoms. The topological polar surface area (TPSA) is 45.8 Å². The van der Waals surface area contributed by atoms with Gasteiger partial charge in [-0.15, -0.1) is 0 Å². The second-order valence-corrected chi connectivity index (χ2v) is 3.76. The van der Waals surface area contributed by atoms with Crippen molar-refractivity contribution in [2.75, 3.05) is 0 Å². The Morgan fingerprint density at radius 3 is 2.73 bits per heavy atom. The van der Waals surface area contributed by atoms with Crippen LogP contribution in [0.25, 0.3) is 11.3 Å². The molecule has 0 saturated carbocycles. The maximum Gasteiger partial charge on any atom is 0.278 e. The standard InChI is InChI=1S/C10H6BrFN2O/c11-7-5-9(13-14-10(7)15)6-3-1-2-4-8(6)12/h1-5H,(H,14,15). The SMILES string of the molecule is O=c1[nH]nc(-c2ccccc2F)cc1Br. The van der Waals surface area contributed by atoms with Gasteiger partial charge in [0.25, 0.3) is 5.56 Å². The normalized spacial score (nSPS) is 10.3. The fraction of sp³-hybridized carbons (Fsp3) is 0. The average molecular weight is 269 g/mol. The predicted molar refractivity (Wildman–Crippen MR) is 58.0 cm³/mol. The van der Waals surface area contributed by atoms with Gasteiger partial charge in [-0.05, 0) is 34.1 Å². The molecule has 15 heavy (non-hydrogen) atoms. The van der Waals surface area contributed by atoms with Crippen molar-refractivity contribution < 1.29 is 4.39 Å². The largest absolute Gasteiger partial charge is 0.278 e. The summed E-state index contributed by atoms with van der Waals surface area (Å²) in [6.45, 7) is 0. The third-order valence-electron chi connectivity index (χ3n) is 1.91. The monoisotopic (exact) mass is 268 g/mol. The first kappa shape index (κ1) is 10.0. The van der Waals surface area contributed by atoms with Crippen molar-refractivity contribution in [1.82, 2.24) is 10.2 Å². The van der Waals surface area contributed by atoms with E-state index < -0.39 is 0 Å². The maximum atomic E-state index is 13.4. The van der Waals surface area contributed by atoms with E-state index in [0.29, 0.717) is 15.7 Å². The van der Waals surface area contributed by atoms with Crippen LogP contribution in [0.5, 0.6) is 0 Å². The van der Waals surface area contributed by atoms with Gasteiger partial charge < -0.3 is 0 Å². The molecule has 0 aliphatic heterocycles.